The van der Waals surface area contributed by atoms with E-state index in [9.17, 15) is 9.59 Å². The Morgan fingerprint density at radius 1 is 1.08 bits per heavy atom. The minimum absolute atomic E-state index is 0.158. The minimum Gasteiger partial charge on any atom is -0.492 e. The Morgan fingerprint density at radius 3 is 2.58 bits per heavy atom. The van der Waals surface area contributed by atoms with Crippen molar-refractivity contribution in [2.75, 3.05) is 24.3 Å². The van der Waals surface area contributed by atoms with E-state index in [4.69, 9.17) is 9.47 Å². The van der Waals surface area contributed by atoms with Gasteiger partial charge in [0.05, 0.1) is 18.0 Å². The third-order valence-corrected chi connectivity index (χ3v) is 4.63. The molecule has 1 N–H and O–H groups in total. The smallest absolute Gasteiger partial charge is 0.316 e. The minimum atomic E-state index is -0.429. The molecule has 0 saturated heterocycles. The van der Waals surface area contributed by atoms with Crippen molar-refractivity contribution < 1.29 is 19.1 Å². The molecule has 0 aliphatic heterocycles. The van der Waals surface area contributed by atoms with Crippen molar-refractivity contribution in [3.63, 3.8) is 0 Å². The number of anilines is 1. The lowest BCUT2D eigenvalue weighted by Gasteiger charge is -2.11. The quantitative estimate of drug-likeness (QED) is 0.560. The maximum absolute atomic E-state index is 12.0. The molecular weight excluding hydrogens is 350 g/mol. The van der Waals surface area contributed by atoms with Gasteiger partial charge in [-0.05, 0) is 56.2 Å². The molecule has 0 aliphatic rings. The van der Waals surface area contributed by atoms with Crippen molar-refractivity contribution in [3.8, 4) is 5.75 Å². The molecule has 26 heavy (non-hydrogen) atoms. The van der Waals surface area contributed by atoms with Gasteiger partial charge < -0.3 is 14.8 Å². The Kier molecular flexibility index (Phi) is 7.53. The average Bonchev–Trinajstić information content (AvgIpc) is 2.63. The van der Waals surface area contributed by atoms with Crippen molar-refractivity contribution in [2.45, 2.75) is 25.7 Å². The predicted molar refractivity (Wildman–Crippen MR) is 104 cm³/mol. The fourth-order valence-corrected chi connectivity index (χ4v) is 2.96. The second-order valence-corrected chi connectivity index (χ2v) is 6.72. The lowest BCUT2D eigenvalue weighted by molar-refractivity contribution is -0.144. The Morgan fingerprint density at radius 2 is 1.85 bits per heavy atom. The van der Waals surface area contributed by atoms with Gasteiger partial charge in [-0.3, -0.25) is 9.59 Å². The standard InChI is InChI=1S/C20H23NO4S/c1-4-24-18-8-6-5-7-17(18)21-19(22)12-25-20(23)13-26-16-10-9-14(2)15(3)11-16/h5-11H,4,12-13H2,1-3H3,(H,21,22). The lowest BCUT2D eigenvalue weighted by atomic mass is 10.1. The molecular formula is C20H23NO4S. The summed E-state index contributed by atoms with van der Waals surface area (Å²) in [5.74, 6) is -0.0891. The van der Waals surface area contributed by atoms with Gasteiger partial charge in [-0.1, -0.05) is 18.2 Å². The molecule has 6 heteroatoms. The summed E-state index contributed by atoms with van der Waals surface area (Å²) >= 11 is 1.39. The number of rotatable bonds is 8. The van der Waals surface area contributed by atoms with Crippen LogP contribution < -0.4 is 10.1 Å². The zero-order valence-electron chi connectivity index (χ0n) is 15.2. The second-order valence-electron chi connectivity index (χ2n) is 5.67. The number of amides is 1. The first-order valence-electron chi connectivity index (χ1n) is 8.37. The zero-order valence-corrected chi connectivity index (χ0v) is 16.0. The number of benzene rings is 2. The summed E-state index contributed by atoms with van der Waals surface area (Å²) in [5.41, 5.74) is 2.94. The first-order chi connectivity index (χ1) is 12.5. The number of nitrogens with one attached hydrogen (secondary N) is 1. The number of aryl methyl sites for hydroxylation is 2. The van der Waals surface area contributed by atoms with Gasteiger partial charge in [0.25, 0.3) is 5.91 Å². The molecule has 1 amide bonds. The van der Waals surface area contributed by atoms with Crippen LogP contribution in [-0.4, -0.2) is 30.8 Å². The van der Waals surface area contributed by atoms with Crippen LogP contribution in [0.25, 0.3) is 0 Å². The van der Waals surface area contributed by atoms with E-state index in [1.165, 1.54) is 22.9 Å². The molecule has 0 aliphatic carbocycles. The summed E-state index contributed by atoms with van der Waals surface area (Å²) in [7, 11) is 0. The van der Waals surface area contributed by atoms with E-state index in [-0.39, 0.29) is 12.4 Å². The Bertz CT molecular complexity index is 776. The number of carbonyl (C=O) groups excluding carboxylic acids is 2. The highest BCUT2D eigenvalue weighted by Crippen LogP contribution is 2.23. The molecule has 0 aromatic heterocycles. The first-order valence-corrected chi connectivity index (χ1v) is 9.35. The second kappa shape index (κ2) is 9.87. The number of esters is 1. The zero-order chi connectivity index (χ0) is 18.9. The van der Waals surface area contributed by atoms with Gasteiger partial charge >= 0.3 is 5.97 Å². The molecule has 0 fully saturated rings. The highest BCUT2D eigenvalue weighted by Gasteiger charge is 2.11. The Hall–Kier alpha value is -2.47. The summed E-state index contributed by atoms with van der Waals surface area (Å²) in [6.45, 7) is 6.11. The molecule has 138 valence electrons. The fraction of sp³-hybridized carbons (Fsp3) is 0.300. The molecule has 0 heterocycles. The van der Waals surface area contributed by atoms with Crippen molar-refractivity contribution >= 4 is 29.3 Å². The van der Waals surface area contributed by atoms with E-state index < -0.39 is 11.9 Å². The SMILES string of the molecule is CCOc1ccccc1NC(=O)COC(=O)CSc1ccc(C)c(C)c1. The number of carbonyl (C=O) groups is 2. The average molecular weight is 373 g/mol. The fourth-order valence-electron chi connectivity index (χ4n) is 2.17. The van der Waals surface area contributed by atoms with Crippen LogP contribution in [-0.2, 0) is 14.3 Å². The lowest BCUT2D eigenvalue weighted by Crippen LogP contribution is -2.22. The molecule has 0 bridgehead atoms. The molecule has 0 unspecified atom stereocenters. The molecule has 0 saturated carbocycles. The van der Waals surface area contributed by atoms with Crippen molar-refractivity contribution in [2.24, 2.45) is 0 Å². The van der Waals surface area contributed by atoms with Crippen LogP contribution in [0.2, 0.25) is 0 Å². The molecule has 0 radical (unpaired) electrons. The van der Waals surface area contributed by atoms with Crippen LogP contribution in [0.1, 0.15) is 18.1 Å². The summed E-state index contributed by atoms with van der Waals surface area (Å²) in [6.07, 6.45) is 0. The van der Waals surface area contributed by atoms with E-state index >= 15 is 0 Å². The van der Waals surface area contributed by atoms with Crippen LogP contribution in [0.5, 0.6) is 5.75 Å². The van der Waals surface area contributed by atoms with Gasteiger partial charge in [-0.15, -0.1) is 11.8 Å². The monoisotopic (exact) mass is 373 g/mol. The molecule has 2 aromatic carbocycles. The van der Waals surface area contributed by atoms with E-state index in [2.05, 4.69) is 5.32 Å². The van der Waals surface area contributed by atoms with Gasteiger partial charge in [0, 0.05) is 4.90 Å². The van der Waals surface area contributed by atoms with E-state index in [0.717, 1.165) is 4.90 Å². The van der Waals surface area contributed by atoms with Gasteiger partial charge in [-0.2, -0.15) is 0 Å². The highest BCUT2D eigenvalue weighted by atomic mass is 32.2. The summed E-state index contributed by atoms with van der Waals surface area (Å²) in [5, 5.41) is 2.69. The van der Waals surface area contributed by atoms with Crippen LogP contribution in [0.4, 0.5) is 5.69 Å². The number of hydrogen-bond acceptors (Lipinski definition) is 5. The Balaban J connectivity index is 1.78. The highest BCUT2D eigenvalue weighted by molar-refractivity contribution is 8.00. The van der Waals surface area contributed by atoms with Crippen LogP contribution in [0.15, 0.2) is 47.4 Å². The summed E-state index contributed by atoms with van der Waals surface area (Å²) < 4.78 is 10.5. The number of hydrogen-bond donors (Lipinski definition) is 1. The molecule has 0 spiro atoms. The van der Waals surface area contributed by atoms with Crippen molar-refractivity contribution in [1.82, 2.24) is 0 Å². The van der Waals surface area contributed by atoms with E-state index in [1.54, 1.807) is 18.2 Å². The molecule has 0 atom stereocenters. The van der Waals surface area contributed by atoms with Crippen LogP contribution in [0, 0.1) is 13.8 Å². The molecule has 2 rings (SSSR count). The molecule has 5 nitrogen and oxygen atoms in total. The van der Waals surface area contributed by atoms with Gasteiger partial charge in [0.15, 0.2) is 6.61 Å². The van der Waals surface area contributed by atoms with Gasteiger partial charge in [-0.25, -0.2) is 0 Å². The van der Waals surface area contributed by atoms with E-state index in [1.807, 2.05) is 45.0 Å². The number of thioether (sulfide) groups is 1. The summed E-state index contributed by atoms with van der Waals surface area (Å²) in [4.78, 5) is 24.8. The molecule has 2 aromatic rings. The summed E-state index contributed by atoms with van der Waals surface area (Å²) in [6, 6.07) is 13.1. The number of para-hydroxylation sites is 2. The van der Waals surface area contributed by atoms with E-state index in [0.29, 0.717) is 18.0 Å². The number of ether oxygens (including phenoxy) is 2. The predicted octanol–water partition coefficient (Wildman–Crippen LogP) is 3.98. The third kappa shape index (κ3) is 6.11. The topological polar surface area (TPSA) is 64.6 Å². The maximum Gasteiger partial charge on any atom is 0.316 e. The van der Waals surface area contributed by atoms with Gasteiger partial charge in [0.2, 0.25) is 0 Å². The normalized spacial score (nSPS) is 10.3. The van der Waals surface area contributed by atoms with Crippen LogP contribution in [0.3, 0.4) is 0 Å². The van der Waals surface area contributed by atoms with Crippen LogP contribution >= 0.6 is 11.8 Å². The van der Waals surface area contributed by atoms with Gasteiger partial charge in [0.1, 0.15) is 5.75 Å². The first kappa shape index (κ1) is 19.8. The van der Waals surface area contributed by atoms with Crippen molar-refractivity contribution in [3.05, 3.63) is 53.6 Å². The van der Waals surface area contributed by atoms with Crippen molar-refractivity contribution in [1.29, 1.82) is 0 Å². The maximum atomic E-state index is 12.0. The Labute approximate surface area is 158 Å². The largest absolute Gasteiger partial charge is 0.492 e. The third-order valence-electron chi connectivity index (χ3n) is 3.66.